The van der Waals surface area contributed by atoms with Gasteiger partial charge in [-0.2, -0.15) is 0 Å². The lowest BCUT2D eigenvalue weighted by Crippen LogP contribution is -2.50. The first-order chi connectivity index (χ1) is 9.69. The Morgan fingerprint density at radius 2 is 2.15 bits per heavy atom. The molecule has 0 bridgehead atoms. The number of piperidine rings is 2. The lowest BCUT2D eigenvalue weighted by atomic mass is 9.74. The van der Waals surface area contributed by atoms with E-state index >= 15 is 0 Å². The molecule has 2 fully saturated rings. The summed E-state index contributed by atoms with van der Waals surface area (Å²) in [4.78, 5) is 2.38. The van der Waals surface area contributed by atoms with E-state index in [1.807, 2.05) is 0 Å². The van der Waals surface area contributed by atoms with Crippen LogP contribution in [0, 0.1) is 11.2 Å². The van der Waals surface area contributed by atoms with Gasteiger partial charge < -0.3 is 5.32 Å². The van der Waals surface area contributed by atoms with Gasteiger partial charge in [-0.3, -0.25) is 4.90 Å². The zero-order valence-corrected chi connectivity index (χ0v) is 12.6. The van der Waals surface area contributed by atoms with Gasteiger partial charge in [0.1, 0.15) is 5.82 Å². The number of nitrogens with one attached hydrogen (secondary N) is 1. The van der Waals surface area contributed by atoms with E-state index in [9.17, 15) is 4.39 Å². The molecule has 0 aliphatic carbocycles. The van der Waals surface area contributed by atoms with Crippen LogP contribution in [0.4, 0.5) is 4.39 Å². The molecule has 20 heavy (non-hydrogen) atoms. The van der Waals surface area contributed by atoms with E-state index < -0.39 is 0 Å². The highest BCUT2D eigenvalue weighted by atomic mass is 35.5. The number of halogens is 2. The van der Waals surface area contributed by atoms with Crippen LogP contribution in [0.3, 0.4) is 0 Å². The standard InChI is InChI=1S/C16H22ClFN2/c17-14-4-1-5-15(18)13(14)10-20-9-3-7-16(12-20)6-2-8-19-11-16/h1,4-5,19H,2-3,6-12H2. The van der Waals surface area contributed by atoms with Crippen molar-refractivity contribution in [2.24, 2.45) is 5.41 Å². The van der Waals surface area contributed by atoms with Crippen molar-refractivity contribution in [3.05, 3.63) is 34.6 Å². The largest absolute Gasteiger partial charge is 0.316 e. The van der Waals surface area contributed by atoms with Crippen molar-refractivity contribution in [1.29, 1.82) is 0 Å². The lowest BCUT2D eigenvalue weighted by molar-refractivity contribution is 0.0594. The molecule has 2 nitrogen and oxygen atoms in total. The van der Waals surface area contributed by atoms with E-state index in [0.29, 0.717) is 22.5 Å². The Kier molecular flexibility index (Phi) is 4.29. The van der Waals surface area contributed by atoms with Crippen molar-refractivity contribution in [2.45, 2.75) is 32.2 Å². The molecule has 1 aromatic carbocycles. The first kappa shape index (κ1) is 14.3. The van der Waals surface area contributed by atoms with Crippen molar-refractivity contribution >= 4 is 11.6 Å². The lowest BCUT2D eigenvalue weighted by Gasteiger charge is -2.45. The van der Waals surface area contributed by atoms with Gasteiger partial charge in [0.25, 0.3) is 0 Å². The molecule has 2 aliphatic heterocycles. The van der Waals surface area contributed by atoms with Gasteiger partial charge in [-0.1, -0.05) is 17.7 Å². The minimum absolute atomic E-state index is 0.182. The summed E-state index contributed by atoms with van der Waals surface area (Å²) in [6, 6.07) is 4.95. The predicted molar refractivity (Wildman–Crippen MR) is 80.5 cm³/mol. The SMILES string of the molecule is Fc1cccc(Cl)c1CN1CCCC2(CCCNC2)C1. The fraction of sp³-hybridized carbons (Fsp3) is 0.625. The summed E-state index contributed by atoms with van der Waals surface area (Å²) in [6.45, 7) is 4.99. The van der Waals surface area contributed by atoms with Crippen LogP contribution in [0.1, 0.15) is 31.2 Å². The Morgan fingerprint density at radius 1 is 1.30 bits per heavy atom. The fourth-order valence-electron chi connectivity index (χ4n) is 3.73. The summed E-state index contributed by atoms with van der Waals surface area (Å²) < 4.78 is 13.9. The summed E-state index contributed by atoms with van der Waals surface area (Å²) in [5.41, 5.74) is 1.05. The predicted octanol–water partition coefficient (Wildman–Crippen LogP) is 3.44. The molecule has 110 valence electrons. The molecule has 1 aromatic rings. The zero-order chi connectivity index (χ0) is 14.0. The van der Waals surface area contributed by atoms with Crippen molar-refractivity contribution in [1.82, 2.24) is 10.2 Å². The topological polar surface area (TPSA) is 15.3 Å². The molecule has 2 heterocycles. The van der Waals surface area contributed by atoms with Crippen LogP contribution in [0.2, 0.25) is 5.02 Å². The highest BCUT2D eigenvalue weighted by Gasteiger charge is 2.36. The number of hydrogen-bond donors (Lipinski definition) is 1. The van der Waals surface area contributed by atoms with Crippen LogP contribution in [0.5, 0.6) is 0 Å². The van der Waals surface area contributed by atoms with Crippen molar-refractivity contribution in [2.75, 3.05) is 26.2 Å². The summed E-state index contributed by atoms with van der Waals surface area (Å²) in [5.74, 6) is -0.182. The Hall–Kier alpha value is -0.640. The second-order valence-electron chi connectivity index (χ2n) is 6.29. The average Bonchev–Trinajstić information content (AvgIpc) is 2.44. The molecule has 0 radical (unpaired) electrons. The first-order valence-corrected chi connectivity index (χ1v) is 7.92. The Morgan fingerprint density at radius 3 is 2.90 bits per heavy atom. The Bertz CT molecular complexity index is 446. The number of likely N-dealkylation sites (tertiary alicyclic amines) is 1. The van der Waals surface area contributed by atoms with Gasteiger partial charge in [0, 0.05) is 30.2 Å². The van der Waals surface area contributed by atoms with Crippen LogP contribution in [0.25, 0.3) is 0 Å². The van der Waals surface area contributed by atoms with Gasteiger partial charge in [0.15, 0.2) is 0 Å². The molecule has 4 heteroatoms. The van der Waals surface area contributed by atoms with E-state index in [0.717, 1.165) is 26.2 Å². The summed E-state index contributed by atoms with van der Waals surface area (Å²) >= 11 is 6.15. The summed E-state index contributed by atoms with van der Waals surface area (Å²) in [7, 11) is 0. The normalized spacial score (nSPS) is 27.9. The third-order valence-corrected chi connectivity index (χ3v) is 5.10. The molecule has 0 saturated carbocycles. The fourth-order valence-corrected chi connectivity index (χ4v) is 3.95. The number of nitrogens with zero attached hydrogens (tertiary/aromatic N) is 1. The summed E-state index contributed by atoms with van der Waals surface area (Å²) in [6.07, 6.45) is 5.05. The van der Waals surface area contributed by atoms with E-state index in [-0.39, 0.29) is 5.82 Å². The van der Waals surface area contributed by atoms with E-state index in [4.69, 9.17) is 11.6 Å². The van der Waals surface area contributed by atoms with Crippen LogP contribution >= 0.6 is 11.6 Å². The van der Waals surface area contributed by atoms with Crippen molar-refractivity contribution in [3.63, 3.8) is 0 Å². The monoisotopic (exact) mass is 296 g/mol. The number of rotatable bonds is 2. The third kappa shape index (κ3) is 3.00. The number of benzene rings is 1. The van der Waals surface area contributed by atoms with E-state index in [1.165, 1.54) is 31.7 Å². The maximum Gasteiger partial charge on any atom is 0.129 e. The molecule has 0 amide bonds. The first-order valence-electron chi connectivity index (χ1n) is 7.55. The minimum atomic E-state index is -0.182. The molecule has 1 atom stereocenters. The molecule has 0 aromatic heterocycles. The van der Waals surface area contributed by atoms with Gasteiger partial charge in [-0.05, 0) is 56.3 Å². The second kappa shape index (κ2) is 6.00. The van der Waals surface area contributed by atoms with Crippen LogP contribution in [-0.4, -0.2) is 31.1 Å². The smallest absolute Gasteiger partial charge is 0.129 e. The molecule has 2 saturated heterocycles. The zero-order valence-electron chi connectivity index (χ0n) is 11.8. The van der Waals surface area contributed by atoms with Gasteiger partial charge in [0.2, 0.25) is 0 Å². The minimum Gasteiger partial charge on any atom is -0.316 e. The quantitative estimate of drug-likeness (QED) is 0.899. The highest BCUT2D eigenvalue weighted by Crippen LogP contribution is 2.36. The second-order valence-corrected chi connectivity index (χ2v) is 6.70. The molecular formula is C16H22ClFN2. The van der Waals surface area contributed by atoms with Gasteiger partial charge in [-0.25, -0.2) is 4.39 Å². The van der Waals surface area contributed by atoms with E-state index in [1.54, 1.807) is 12.1 Å². The number of hydrogen-bond acceptors (Lipinski definition) is 2. The van der Waals surface area contributed by atoms with E-state index in [2.05, 4.69) is 10.2 Å². The molecular weight excluding hydrogens is 275 g/mol. The molecule has 3 rings (SSSR count). The van der Waals surface area contributed by atoms with Crippen molar-refractivity contribution in [3.8, 4) is 0 Å². The Balaban J connectivity index is 1.71. The van der Waals surface area contributed by atoms with Gasteiger partial charge in [-0.15, -0.1) is 0 Å². The third-order valence-electron chi connectivity index (χ3n) is 4.74. The molecule has 1 unspecified atom stereocenters. The Labute approximate surface area is 125 Å². The highest BCUT2D eigenvalue weighted by molar-refractivity contribution is 6.31. The molecule has 1 N–H and O–H groups in total. The van der Waals surface area contributed by atoms with Crippen LogP contribution < -0.4 is 5.32 Å². The van der Waals surface area contributed by atoms with Crippen LogP contribution in [-0.2, 0) is 6.54 Å². The average molecular weight is 297 g/mol. The van der Waals surface area contributed by atoms with Crippen LogP contribution in [0.15, 0.2) is 18.2 Å². The molecule has 1 spiro atoms. The van der Waals surface area contributed by atoms with Crippen molar-refractivity contribution < 1.29 is 4.39 Å². The molecule has 2 aliphatic rings. The maximum atomic E-state index is 13.9. The van der Waals surface area contributed by atoms with Gasteiger partial charge >= 0.3 is 0 Å². The van der Waals surface area contributed by atoms with Gasteiger partial charge in [0.05, 0.1) is 0 Å². The maximum absolute atomic E-state index is 13.9. The summed E-state index contributed by atoms with van der Waals surface area (Å²) in [5, 5.41) is 4.07.